The molecule has 0 aliphatic carbocycles. The lowest BCUT2D eigenvalue weighted by molar-refractivity contribution is -0.178. The molecule has 3 N–H and O–H groups in total. The minimum absolute atomic E-state index is 0.130. The Labute approximate surface area is 262 Å². The summed E-state index contributed by atoms with van der Waals surface area (Å²) in [5.41, 5.74) is 1.58. The van der Waals surface area contributed by atoms with Crippen molar-refractivity contribution in [2.75, 3.05) is 39.1 Å². The van der Waals surface area contributed by atoms with Crippen LogP contribution >= 0.6 is 0 Å². The largest absolute Gasteiger partial charge is 0.490 e. The van der Waals surface area contributed by atoms with Crippen LogP contribution in [0.3, 0.4) is 0 Å². The summed E-state index contributed by atoms with van der Waals surface area (Å²) in [7, 11) is 3.99. The summed E-state index contributed by atoms with van der Waals surface area (Å²) in [6.45, 7) is 1.22. The predicted molar refractivity (Wildman–Crippen MR) is 162 cm³/mol. The number of anilines is 1. The van der Waals surface area contributed by atoms with Gasteiger partial charge in [-0.15, -0.1) is 10.1 Å². The molecule has 46 heavy (non-hydrogen) atoms. The van der Waals surface area contributed by atoms with Gasteiger partial charge in [-0.2, -0.15) is 0 Å². The Morgan fingerprint density at radius 1 is 0.848 bits per heavy atom. The fourth-order valence-electron chi connectivity index (χ4n) is 4.58. The molecule has 0 bridgehead atoms. The molecule has 3 aromatic carbocycles. The van der Waals surface area contributed by atoms with Gasteiger partial charge in [0.1, 0.15) is 18.2 Å². The van der Waals surface area contributed by atoms with E-state index in [-0.39, 0.29) is 27.3 Å². The summed E-state index contributed by atoms with van der Waals surface area (Å²) in [6, 6.07) is 21.4. The van der Waals surface area contributed by atoms with Gasteiger partial charge in [0.2, 0.25) is 6.10 Å². The molecule has 14 nitrogen and oxygen atoms in total. The van der Waals surface area contributed by atoms with Gasteiger partial charge in [0, 0.05) is 18.5 Å². The smallest absolute Gasteiger partial charge is 0.339 e. The highest BCUT2D eigenvalue weighted by Gasteiger charge is 2.39. The van der Waals surface area contributed by atoms with Crippen molar-refractivity contribution in [2.24, 2.45) is 0 Å². The van der Waals surface area contributed by atoms with Crippen LogP contribution in [0.15, 0.2) is 78.9 Å². The van der Waals surface area contributed by atoms with E-state index < -0.39 is 42.3 Å². The third-order valence-corrected chi connectivity index (χ3v) is 6.96. The number of rotatable bonds is 10. The van der Waals surface area contributed by atoms with Crippen molar-refractivity contribution >= 4 is 46.3 Å². The first kappa shape index (κ1) is 31.7. The van der Waals surface area contributed by atoms with E-state index >= 15 is 0 Å². The van der Waals surface area contributed by atoms with E-state index in [2.05, 4.69) is 15.2 Å². The zero-order valence-electron chi connectivity index (χ0n) is 24.7. The Bertz CT molecular complexity index is 1770. The van der Waals surface area contributed by atoms with Crippen molar-refractivity contribution in [3.63, 3.8) is 0 Å². The molecular formula is C32H29N5O9. The van der Waals surface area contributed by atoms with Gasteiger partial charge in [-0.05, 0) is 68.7 Å². The maximum absolute atomic E-state index is 12.4. The maximum atomic E-state index is 12.4. The van der Waals surface area contributed by atoms with Crippen LogP contribution < -0.4 is 10.1 Å². The van der Waals surface area contributed by atoms with E-state index in [0.717, 1.165) is 29.8 Å². The topological polar surface area (TPSA) is 179 Å². The molecule has 4 aromatic rings. The molecule has 14 heteroatoms. The third kappa shape index (κ3) is 6.68. The van der Waals surface area contributed by atoms with Crippen LogP contribution in [-0.2, 0) is 9.63 Å². The number of carboxylic acid groups (broad SMARTS) is 1. The van der Waals surface area contributed by atoms with Gasteiger partial charge >= 0.3 is 5.97 Å². The molecule has 0 saturated heterocycles. The number of hydrogen-bond acceptors (Lipinski definition) is 11. The molecule has 3 heterocycles. The van der Waals surface area contributed by atoms with Crippen LogP contribution in [0.25, 0.3) is 10.9 Å². The van der Waals surface area contributed by atoms with Crippen molar-refractivity contribution in [2.45, 2.75) is 6.10 Å². The summed E-state index contributed by atoms with van der Waals surface area (Å²) in [4.78, 5) is 70.6. The number of ether oxygens (including phenoxy) is 1. The highest BCUT2D eigenvalue weighted by atomic mass is 16.7. The molecule has 2 aliphatic rings. The molecule has 0 radical (unpaired) electrons. The van der Waals surface area contributed by atoms with Crippen LogP contribution in [0.2, 0.25) is 0 Å². The van der Waals surface area contributed by atoms with Crippen molar-refractivity contribution in [3.8, 4) is 5.75 Å². The van der Waals surface area contributed by atoms with Crippen molar-refractivity contribution < 1.29 is 43.9 Å². The van der Waals surface area contributed by atoms with Gasteiger partial charge in [0.05, 0.1) is 27.8 Å². The first-order valence-corrected chi connectivity index (χ1v) is 14.0. The average Bonchev–Trinajstić information content (AvgIpc) is 3.42. The Balaban J connectivity index is 0.000000289. The highest BCUT2D eigenvalue weighted by molar-refractivity contribution is 6.21. The minimum atomic E-state index is -1.57. The van der Waals surface area contributed by atoms with Crippen molar-refractivity contribution in [3.05, 3.63) is 101 Å². The molecule has 1 aromatic heterocycles. The van der Waals surface area contributed by atoms with Crippen LogP contribution in [0.5, 0.6) is 5.75 Å². The molecule has 4 amide bonds. The Morgan fingerprint density at radius 3 is 1.96 bits per heavy atom. The Kier molecular flexibility index (Phi) is 9.32. The summed E-state index contributed by atoms with van der Waals surface area (Å²) in [5, 5.41) is 23.1. The van der Waals surface area contributed by atoms with E-state index in [1.54, 1.807) is 42.5 Å². The summed E-state index contributed by atoms with van der Waals surface area (Å²) < 4.78 is 5.61. The van der Waals surface area contributed by atoms with E-state index in [0.29, 0.717) is 10.8 Å². The van der Waals surface area contributed by atoms with Gasteiger partial charge in [0.15, 0.2) is 0 Å². The molecule has 236 valence electrons. The number of carboxylic acids is 1. The van der Waals surface area contributed by atoms with Gasteiger partial charge in [-0.25, -0.2) is 14.6 Å². The zero-order chi connectivity index (χ0) is 33.0. The number of pyridine rings is 1. The van der Waals surface area contributed by atoms with Crippen LogP contribution in [-0.4, -0.2) is 99.8 Å². The van der Waals surface area contributed by atoms with Crippen molar-refractivity contribution in [1.82, 2.24) is 20.0 Å². The van der Waals surface area contributed by atoms with Crippen LogP contribution in [0.4, 0.5) is 5.82 Å². The summed E-state index contributed by atoms with van der Waals surface area (Å²) in [5.74, 6) is -2.95. The standard InChI is InChI=1S/C24H24N4O6.C8H5NO3/c1-27(2)12-11-25-21-10-7-15-13-16(8-9-19(15)26-21)33-14-20(24(31)32)34-28-22(29)17-5-3-4-6-18(17)23(28)30;10-7-5-3-1-2-4-6(5)8(11)9(7)12/h3-10,13,20H,11-12,14H2,1-2H3,(H,25,26)(H,31,32);1-4,12H/t20-;/m0./s1. The second-order valence-electron chi connectivity index (χ2n) is 10.4. The lowest BCUT2D eigenvalue weighted by Crippen LogP contribution is -2.41. The second-order valence-corrected chi connectivity index (χ2v) is 10.4. The number of nitrogens with zero attached hydrogens (tertiary/aromatic N) is 4. The lowest BCUT2D eigenvalue weighted by atomic mass is 10.1. The number of hydroxylamine groups is 4. The number of likely N-dealkylation sites (N-methyl/N-ethyl adjacent to an activating group) is 1. The van der Waals surface area contributed by atoms with Crippen molar-refractivity contribution in [1.29, 1.82) is 0 Å². The fourth-order valence-corrected chi connectivity index (χ4v) is 4.58. The van der Waals surface area contributed by atoms with Crippen LogP contribution in [0.1, 0.15) is 41.4 Å². The quantitative estimate of drug-likeness (QED) is 0.173. The van der Waals surface area contributed by atoms with Gasteiger partial charge in [0.25, 0.3) is 23.6 Å². The molecule has 1 atom stereocenters. The molecule has 0 fully saturated rings. The number of fused-ring (bicyclic) bond motifs is 3. The molecule has 2 aliphatic heterocycles. The number of aliphatic carboxylic acids is 1. The minimum Gasteiger partial charge on any atom is -0.490 e. The maximum Gasteiger partial charge on any atom is 0.339 e. The predicted octanol–water partition coefficient (Wildman–Crippen LogP) is 2.94. The summed E-state index contributed by atoms with van der Waals surface area (Å²) >= 11 is 0. The van der Waals surface area contributed by atoms with E-state index in [1.807, 2.05) is 26.2 Å². The van der Waals surface area contributed by atoms with Gasteiger partial charge in [-0.3, -0.25) is 24.4 Å². The van der Waals surface area contributed by atoms with E-state index in [4.69, 9.17) is 14.8 Å². The Hall–Kier alpha value is -5.70. The number of benzene rings is 3. The van der Waals surface area contributed by atoms with E-state index in [9.17, 15) is 29.1 Å². The molecule has 6 rings (SSSR count). The van der Waals surface area contributed by atoms with Gasteiger partial charge in [-0.1, -0.05) is 24.3 Å². The molecule has 0 spiro atoms. The van der Waals surface area contributed by atoms with Gasteiger partial charge < -0.3 is 20.1 Å². The fraction of sp³-hybridized carbons (Fsp3) is 0.188. The first-order chi connectivity index (χ1) is 22.0. The number of amides is 4. The summed E-state index contributed by atoms with van der Waals surface area (Å²) in [6.07, 6.45) is -1.57. The molecular weight excluding hydrogens is 598 g/mol. The number of carbonyl (C=O) groups excluding carboxylic acids is 4. The SMILES string of the molecule is CN(C)CCNc1ccc2cc(OC[C@H](ON3C(=O)c4ccccc4C3=O)C(=O)O)ccc2n1.O=C1c2ccccc2C(=O)N1O. The lowest BCUT2D eigenvalue weighted by Gasteiger charge is -2.19. The number of hydrogen-bond donors (Lipinski definition) is 3. The Morgan fingerprint density at radius 2 is 1.41 bits per heavy atom. The molecule has 0 unspecified atom stereocenters. The second kappa shape index (κ2) is 13.5. The normalized spacial score (nSPS) is 14.3. The average molecular weight is 628 g/mol. The van der Waals surface area contributed by atoms with Crippen LogP contribution in [0, 0.1) is 0 Å². The number of carbonyl (C=O) groups is 5. The number of aromatic nitrogens is 1. The number of imide groups is 2. The third-order valence-electron chi connectivity index (χ3n) is 6.96. The zero-order valence-corrected chi connectivity index (χ0v) is 24.7. The first-order valence-electron chi connectivity index (χ1n) is 14.0. The van der Waals surface area contributed by atoms with E-state index in [1.165, 1.54) is 24.3 Å². The molecule has 0 saturated carbocycles. The highest BCUT2D eigenvalue weighted by Crippen LogP contribution is 2.25. The number of nitrogens with one attached hydrogen (secondary N) is 1. The monoisotopic (exact) mass is 627 g/mol.